The van der Waals surface area contributed by atoms with E-state index in [0.29, 0.717) is 6.61 Å². The first-order valence-corrected chi connectivity index (χ1v) is 4.73. The lowest BCUT2D eigenvalue weighted by atomic mass is 10.3. The minimum atomic E-state index is 0.150. The summed E-state index contributed by atoms with van der Waals surface area (Å²) in [5.41, 5.74) is 6.35. The van der Waals surface area contributed by atoms with Gasteiger partial charge in [0, 0.05) is 31.9 Å². The van der Waals surface area contributed by atoms with E-state index in [1.165, 1.54) is 0 Å². The number of anilines is 1. The molecule has 0 fully saturated rings. The largest absolute Gasteiger partial charge is 0.491 e. The summed E-state index contributed by atoms with van der Waals surface area (Å²) in [7, 11) is 1.69. The van der Waals surface area contributed by atoms with Crippen molar-refractivity contribution in [3.8, 4) is 5.75 Å². The van der Waals surface area contributed by atoms with Crippen molar-refractivity contribution < 1.29 is 9.47 Å². The zero-order valence-corrected chi connectivity index (χ0v) is 8.69. The predicted molar refractivity (Wildman–Crippen MR) is 57.4 cm³/mol. The summed E-state index contributed by atoms with van der Waals surface area (Å²) in [5, 5.41) is 0. The number of nitrogens with two attached hydrogens (primary N) is 1. The average Bonchev–Trinajstić information content (AvgIpc) is 2.15. The molecular formula is C11H17NO2. The molecule has 14 heavy (non-hydrogen) atoms. The van der Waals surface area contributed by atoms with E-state index in [1.807, 2.05) is 31.2 Å². The van der Waals surface area contributed by atoms with Crippen molar-refractivity contribution in [2.45, 2.75) is 19.4 Å². The van der Waals surface area contributed by atoms with Crippen LogP contribution < -0.4 is 10.5 Å². The minimum Gasteiger partial charge on any atom is -0.491 e. The predicted octanol–water partition coefficient (Wildman–Crippen LogP) is 2.07. The summed E-state index contributed by atoms with van der Waals surface area (Å²) < 4.78 is 10.6. The summed E-state index contributed by atoms with van der Waals surface area (Å²) in [6.07, 6.45) is 1.03. The van der Waals surface area contributed by atoms with Crippen LogP contribution in [-0.2, 0) is 4.74 Å². The number of rotatable bonds is 5. The Kier molecular flexibility index (Phi) is 4.26. The minimum absolute atomic E-state index is 0.150. The molecule has 1 rings (SSSR count). The second-order valence-corrected chi connectivity index (χ2v) is 3.28. The Labute approximate surface area is 84.8 Å². The second kappa shape index (κ2) is 5.50. The summed E-state index contributed by atoms with van der Waals surface area (Å²) in [5.74, 6) is 0.814. The molecule has 0 aromatic heterocycles. The van der Waals surface area contributed by atoms with E-state index in [0.717, 1.165) is 17.9 Å². The van der Waals surface area contributed by atoms with Gasteiger partial charge in [-0.1, -0.05) is 6.07 Å². The second-order valence-electron chi connectivity index (χ2n) is 3.28. The lowest BCUT2D eigenvalue weighted by molar-refractivity contribution is 0.135. The van der Waals surface area contributed by atoms with Gasteiger partial charge >= 0.3 is 0 Å². The van der Waals surface area contributed by atoms with Gasteiger partial charge in [0.15, 0.2) is 0 Å². The lowest BCUT2D eigenvalue weighted by Crippen LogP contribution is -2.14. The third-order valence-corrected chi connectivity index (χ3v) is 1.92. The number of nitrogen functional groups attached to an aromatic ring is 1. The molecule has 0 aliphatic carbocycles. The molecule has 0 heterocycles. The fourth-order valence-corrected chi connectivity index (χ4v) is 1.16. The Balaban J connectivity index is 2.43. The van der Waals surface area contributed by atoms with Gasteiger partial charge in [0.05, 0.1) is 6.10 Å². The molecule has 0 radical (unpaired) electrons. The monoisotopic (exact) mass is 195 g/mol. The van der Waals surface area contributed by atoms with Gasteiger partial charge in [0.2, 0.25) is 0 Å². The molecule has 78 valence electrons. The van der Waals surface area contributed by atoms with Crippen LogP contribution in [0.4, 0.5) is 5.69 Å². The molecule has 0 amide bonds. The molecule has 1 aromatic rings. The van der Waals surface area contributed by atoms with Gasteiger partial charge in [0.1, 0.15) is 5.75 Å². The average molecular weight is 195 g/mol. The van der Waals surface area contributed by atoms with Crippen molar-refractivity contribution >= 4 is 5.69 Å². The van der Waals surface area contributed by atoms with Crippen LogP contribution in [0.1, 0.15) is 13.3 Å². The SMILES string of the molecule is COCCC(C)Oc1cccc(N)c1. The zero-order valence-electron chi connectivity index (χ0n) is 8.69. The van der Waals surface area contributed by atoms with Crippen LogP contribution in [0.3, 0.4) is 0 Å². The van der Waals surface area contributed by atoms with Crippen molar-refractivity contribution in [3.63, 3.8) is 0 Å². The highest BCUT2D eigenvalue weighted by atomic mass is 16.5. The standard InChI is InChI=1S/C11H17NO2/c1-9(6-7-13-2)14-11-5-3-4-10(12)8-11/h3-5,8-9H,6-7,12H2,1-2H3. The molecule has 0 aliphatic rings. The van der Waals surface area contributed by atoms with E-state index in [4.69, 9.17) is 15.2 Å². The maximum absolute atomic E-state index is 5.64. The van der Waals surface area contributed by atoms with E-state index in [-0.39, 0.29) is 6.10 Å². The smallest absolute Gasteiger partial charge is 0.121 e. The number of benzene rings is 1. The normalized spacial score (nSPS) is 12.4. The fourth-order valence-electron chi connectivity index (χ4n) is 1.16. The molecule has 3 heteroatoms. The Bertz CT molecular complexity index is 276. The van der Waals surface area contributed by atoms with Crippen LogP contribution in [-0.4, -0.2) is 19.8 Å². The summed E-state index contributed by atoms with van der Waals surface area (Å²) in [4.78, 5) is 0. The van der Waals surface area contributed by atoms with Gasteiger partial charge in [-0.3, -0.25) is 0 Å². The molecular weight excluding hydrogens is 178 g/mol. The highest BCUT2D eigenvalue weighted by Crippen LogP contribution is 2.16. The lowest BCUT2D eigenvalue weighted by Gasteiger charge is -2.14. The summed E-state index contributed by atoms with van der Waals surface area (Å²) in [6.45, 7) is 2.73. The van der Waals surface area contributed by atoms with Crippen molar-refractivity contribution in [2.24, 2.45) is 0 Å². The van der Waals surface area contributed by atoms with Gasteiger partial charge in [-0.2, -0.15) is 0 Å². The topological polar surface area (TPSA) is 44.5 Å². The van der Waals surface area contributed by atoms with E-state index >= 15 is 0 Å². The molecule has 1 atom stereocenters. The number of hydrogen-bond acceptors (Lipinski definition) is 3. The molecule has 3 nitrogen and oxygen atoms in total. The maximum atomic E-state index is 5.64. The van der Waals surface area contributed by atoms with Gasteiger partial charge < -0.3 is 15.2 Å². The van der Waals surface area contributed by atoms with Crippen molar-refractivity contribution in [1.29, 1.82) is 0 Å². The van der Waals surface area contributed by atoms with E-state index in [1.54, 1.807) is 7.11 Å². The molecule has 0 saturated heterocycles. The third kappa shape index (κ3) is 3.66. The molecule has 0 saturated carbocycles. The Morgan fingerprint density at radius 3 is 2.86 bits per heavy atom. The van der Waals surface area contributed by atoms with E-state index < -0.39 is 0 Å². The van der Waals surface area contributed by atoms with Crippen molar-refractivity contribution in [3.05, 3.63) is 24.3 Å². The fraction of sp³-hybridized carbons (Fsp3) is 0.455. The first-order valence-electron chi connectivity index (χ1n) is 4.73. The highest BCUT2D eigenvalue weighted by Gasteiger charge is 2.03. The summed E-state index contributed by atoms with van der Waals surface area (Å²) in [6, 6.07) is 7.45. The highest BCUT2D eigenvalue weighted by molar-refractivity contribution is 5.43. The molecule has 0 aliphatic heterocycles. The Morgan fingerprint density at radius 2 is 2.21 bits per heavy atom. The van der Waals surface area contributed by atoms with Crippen LogP contribution in [0.15, 0.2) is 24.3 Å². The molecule has 1 unspecified atom stereocenters. The number of methoxy groups -OCH3 is 1. The third-order valence-electron chi connectivity index (χ3n) is 1.92. The van der Waals surface area contributed by atoms with Gasteiger partial charge in [-0.15, -0.1) is 0 Å². The number of ether oxygens (including phenoxy) is 2. The molecule has 2 N–H and O–H groups in total. The van der Waals surface area contributed by atoms with Gasteiger partial charge in [-0.05, 0) is 19.1 Å². The van der Waals surface area contributed by atoms with Crippen LogP contribution in [0.2, 0.25) is 0 Å². The van der Waals surface area contributed by atoms with Crippen LogP contribution in [0.25, 0.3) is 0 Å². The molecule has 1 aromatic carbocycles. The first kappa shape index (κ1) is 10.9. The molecule has 0 spiro atoms. The quantitative estimate of drug-likeness (QED) is 0.731. The summed E-state index contributed by atoms with van der Waals surface area (Å²) >= 11 is 0. The first-order chi connectivity index (χ1) is 6.72. The molecule has 0 bridgehead atoms. The Morgan fingerprint density at radius 1 is 1.43 bits per heavy atom. The zero-order chi connectivity index (χ0) is 10.4. The van der Waals surface area contributed by atoms with Gasteiger partial charge in [-0.25, -0.2) is 0 Å². The number of hydrogen-bond donors (Lipinski definition) is 1. The van der Waals surface area contributed by atoms with Crippen LogP contribution >= 0.6 is 0 Å². The maximum Gasteiger partial charge on any atom is 0.121 e. The van der Waals surface area contributed by atoms with Crippen LogP contribution in [0.5, 0.6) is 5.75 Å². The Hall–Kier alpha value is -1.22. The van der Waals surface area contributed by atoms with Crippen molar-refractivity contribution in [2.75, 3.05) is 19.5 Å². The van der Waals surface area contributed by atoms with Gasteiger partial charge in [0.25, 0.3) is 0 Å². The van der Waals surface area contributed by atoms with E-state index in [9.17, 15) is 0 Å². The van der Waals surface area contributed by atoms with Crippen LogP contribution in [0, 0.1) is 0 Å². The van der Waals surface area contributed by atoms with E-state index in [2.05, 4.69) is 0 Å². The van der Waals surface area contributed by atoms with Crippen molar-refractivity contribution in [1.82, 2.24) is 0 Å².